The van der Waals surface area contributed by atoms with Crippen LogP contribution in [0.2, 0.25) is 0 Å². The Morgan fingerprint density at radius 2 is 1.89 bits per heavy atom. The molecule has 19 heavy (non-hydrogen) atoms. The first-order chi connectivity index (χ1) is 9.18. The Balaban J connectivity index is 2.27. The van der Waals surface area contributed by atoms with Crippen LogP contribution in [0.3, 0.4) is 0 Å². The van der Waals surface area contributed by atoms with Gasteiger partial charge in [0.05, 0.1) is 12.2 Å². The van der Waals surface area contributed by atoms with Gasteiger partial charge in [-0.05, 0) is 11.6 Å². The zero-order valence-corrected chi connectivity index (χ0v) is 10.2. The molecule has 4 heteroatoms. The largest absolute Gasteiger partial charge is 0.492 e. The number of hydrogen-bond donors (Lipinski definition) is 1. The van der Waals surface area contributed by atoms with Crippen LogP contribution in [0.15, 0.2) is 36.4 Å². The van der Waals surface area contributed by atoms with Crippen molar-refractivity contribution in [2.75, 3.05) is 6.61 Å². The van der Waals surface area contributed by atoms with Crippen LogP contribution in [0.25, 0.3) is 11.1 Å². The van der Waals surface area contributed by atoms with E-state index in [1.807, 2.05) is 18.2 Å². The fourth-order valence-electron chi connectivity index (χ4n) is 2.43. The number of nitrogens with two attached hydrogens (primary N) is 1. The molecule has 3 nitrogen and oxygen atoms in total. The van der Waals surface area contributed by atoms with Gasteiger partial charge in [-0.2, -0.15) is 0 Å². The molecule has 2 aromatic carbocycles. The average molecular weight is 257 g/mol. The van der Waals surface area contributed by atoms with Gasteiger partial charge in [0.25, 0.3) is 5.91 Å². The molecule has 0 aromatic heterocycles. The molecule has 96 valence electrons. The molecule has 2 N–H and O–H groups in total. The number of halogens is 1. The molecule has 0 fully saturated rings. The topological polar surface area (TPSA) is 52.3 Å². The van der Waals surface area contributed by atoms with Crippen molar-refractivity contribution < 1.29 is 13.9 Å². The number of rotatable bonds is 2. The van der Waals surface area contributed by atoms with Crippen molar-refractivity contribution in [2.24, 2.45) is 5.73 Å². The Morgan fingerprint density at radius 3 is 2.68 bits per heavy atom. The zero-order chi connectivity index (χ0) is 13.4. The van der Waals surface area contributed by atoms with E-state index >= 15 is 0 Å². The summed E-state index contributed by atoms with van der Waals surface area (Å²) < 4.78 is 19.4. The fraction of sp³-hybridized carbons (Fsp3) is 0.133. The summed E-state index contributed by atoms with van der Waals surface area (Å²) in [4.78, 5) is 11.5. The smallest absolute Gasteiger partial charge is 0.252 e. The van der Waals surface area contributed by atoms with Crippen molar-refractivity contribution in [2.45, 2.75) is 6.42 Å². The van der Waals surface area contributed by atoms with Gasteiger partial charge in [0.2, 0.25) is 0 Å². The van der Waals surface area contributed by atoms with Crippen molar-refractivity contribution in [3.8, 4) is 16.9 Å². The Hall–Kier alpha value is -2.36. The lowest BCUT2D eigenvalue weighted by molar-refractivity contribution is 0.0997. The van der Waals surface area contributed by atoms with Gasteiger partial charge in [0.15, 0.2) is 0 Å². The number of benzene rings is 2. The highest BCUT2D eigenvalue weighted by atomic mass is 19.1. The maximum Gasteiger partial charge on any atom is 0.252 e. The number of carbonyl (C=O) groups excluding carboxylic acids is 1. The molecule has 1 amide bonds. The van der Waals surface area contributed by atoms with E-state index in [-0.39, 0.29) is 5.56 Å². The summed E-state index contributed by atoms with van der Waals surface area (Å²) in [5.74, 6) is -0.667. The second-order valence-corrected chi connectivity index (χ2v) is 4.42. The van der Waals surface area contributed by atoms with Crippen molar-refractivity contribution in [1.82, 2.24) is 0 Å². The first-order valence-corrected chi connectivity index (χ1v) is 6.02. The number of amides is 1. The molecule has 3 rings (SSSR count). The number of primary amides is 1. The molecule has 2 aromatic rings. The molecule has 0 radical (unpaired) electrons. The summed E-state index contributed by atoms with van der Waals surface area (Å²) in [7, 11) is 0. The predicted octanol–water partition coefficient (Wildman–Crippen LogP) is 2.53. The van der Waals surface area contributed by atoms with Crippen LogP contribution in [0.4, 0.5) is 4.39 Å². The second kappa shape index (κ2) is 4.39. The van der Waals surface area contributed by atoms with Crippen molar-refractivity contribution in [3.63, 3.8) is 0 Å². The van der Waals surface area contributed by atoms with Gasteiger partial charge < -0.3 is 10.5 Å². The second-order valence-electron chi connectivity index (χ2n) is 4.42. The van der Waals surface area contributed by atoms with Gasteiger partial charge in [-0.25, -0.2) is 4.39 Å². The number of fused-ring (bicyclic) bond motifs is 1. The summed E-state index contributed by atoms with van der Waals surface area (Å²) in [6.45, 7) is 0.605. The first-order valence-electron chi connectivity index (χ1n) is 6.02. The molecule has 0 unspecified atom stereocenters. The minimum absolute atomic E-state index is 0.0913. The normalized spacial score (nSPS) is 12.9. The van der Waals surface area contributed by atoms with E-state index in [0.29, 0.717) is 17.7 Å². The monoisotopic (exact) mass is 257 g/mol. The quantitative estimate of drug-likeness (QED) is 0.898. The zero-order valence-electron chi connectivity index (χ0n) is 10.2. The highest BCUT2D eigenvalue weighted by Crippen LogP contribution is 2.38. The van der Waals surface area contributed by atoms with Crippen LogP contribution in [0.5, 0.6) is 5.75 Å². The number of carbonyl (C=O) groups is 1. The van der Waals surface area contributed by atoms with E-state index in [2.05, 4.69) is 0 Å². The number of hydrogen-bond acceptors (Lipinski definition) is 2. The van der Waals surface area contributed by atoms with E-state index in [0.717, 1.165) is 17.7 Å². The van der Waals surface area contributed by atoms with Crippen LogP contribution in [-0.4, -0.2) is 12.5 Å². The molecule has 1 heterocycles. The molecule has 1 aliphatic rings. The highest BCUT2D eigenvalue weighted by molar-refractivity contribution is 6.01. The summed E-state index contributed by atoms with van der Waals surface area (Å²) in [5.41, 5.74) is 7.44. The maximum atomic E-state index is 13.8. The molecular weight excluding hydrogens is 245 g/mol. The molecule has 0 aliphatic carbocycles. The summed E-state index contributed by atoms with van der Waals surface area (Å²) >= 11 is 0. The maximum absolute atomic E-state index is 13.8. The van der Waals surface area contributed by atoms with Crippen LogP contribution >= 0.6 is 0 Å². The molecule has 0 saturated heterocycles. The molecule has 0 saturated carbocycles. The van der Waals surface area contributed by atoms with Crippen molar-refractivity contribution in [1.29, 1.82) is 0 Å². The van der Waals surface area contributed by atoms with Gasteiger partial charge in [-0.1, -0.05) is 30.3 Å². The standard InChI is InChI=1S/C15H12FNO2/c16-12-6-2-4-10(13(12)15(17)18)11-5-1-3-9-7-8-19-14(9)11/h1-6H,7-8H2,(H2,17,18). The molecular formula is C15H12FNO2. The number of ether oxygens (including phenoxy) is 1. The predicted molar refractivity (Wildman–Crippen MR) is 69.6 cm³/mol. The lowest BCUT2D eigenvalue weighted by Gasteiger charge is -2.11. The van der Waals surface area contributed by atoms with E-state index in [1.54, 1.807) is 12.1 Å². The molecule has 0 spiro atoms. The SMILES string of the molecule is NC(=O)c1c(F)cccc1-c1cccc2c1OCC2. The van der Waals surface area contributed by atoms with Crippen LogP contribution in [0.1, 0.15) is 15.9 Å². The Bertz CT molecular complexity index is 667. The lowest BCUT2D eigenvalue weighted by Crippen LogP contribution is -2.14. The Kier molecular flexibility index (Phi) is 2.71. The minimum atomic E-state index is -0.774. The third-order valence-electron chi connectivity index (χ3n) is 3.26. The molecule has 1 aliphatic heterocycles. The summed E-state index contributed by atoms with van der Waals surface area (Å²) in [6, 6.07) is 10.1. The van der Waals surface area contributed by atoms with E-state index < -0.39 is 11.7 Å². The van der Waals surface area contributed by atoms with E-state index in [4.69, 9.17) is 10.5 Å². The van der Waals surface area contributed by atoms with E-state index in [1.165, 1.54) is 6.07 Å². The van der Waals surface area contributed by atoms with Crippen molar-refractivity contribution in [3.05, 3.63) is 53.3 Å². The number of para-hydroxylation sites is 1. The minimum Gasteiger partial charge on any atom is -0.492 e. The Morgan fingerprint density at radius 1 is 1.16 bits per heavy atom. The van der Waals surface area contributed by atoms with Crippen LogP contribution in [0, 0.1) is 5.82 Å². The third-order valence-corrected chi connectivity index (χ3v) is 3.26. The molecule has 0 atom stereocenters. The van der Waals surface area contributed by atoms with Gasteiger partial charge in [-0.3, -0.25) is 4.79 Å². The third kappa shape index (κ3) is 1.85. The van der Waals surface area contributed by atoms with Gasteiger partial charge in [0, 0.05) is 17.5 Å². The van der Waals surface area contributed by atoms with Crippen LogP contribution < -0.4 is 10.5 Å². The van der Waals surface area contributed by atoms with Gasteiger partial charge in [0.1, 0.15) is 11.6 Å². The first kappa shape index (κ1) is 11.7. The average Bonchev–Trinajstić information content (AvgIpc) is 2.85. The van der Waals surface area contributed by atoms with E-state index in [9.17, 15) is 9.18 Å². The highest BCUT2D eigenvalue weighted by Gasteiger charge is 2.21. The molecule has 0 bridgehead atoms. The Labute approximate surface area is 109 Å². The van der Waals surface area contributed by atoms with Crippen LogP contribution in [-0.2, 0) is 6.42 Å². The van der Waals surface area contributed by atoms with Gasteiger partial charge >= 0.3 is 0 Å². The lowest BCUT2D eigenvalue weighted by atomic mass is 9.96. The van der Waals surface area contributed by atoms with Gasteiger partial charge in [-0.15, -0.1) is 0 Å². The summed E-state index contributed by atoms with van der Waals surface area (Å²) in [6.07, 6.45) is 0.824. The van der Waals surface area contributed by atoms with Crippen molar-refractivity contribution >= 4 is 5.91 Å². The fourth-order valence-corrected chi connectivity index (χ4v) is 2.43. The summed E-state index contributed by atoms with van der Waals surface area (Å²) in [5, 5.41) is 0.